The summed E-state index contributed by atoms with van der Waals surface area (Å²) in [4.78, 5) is 11.6. The Morgan fingerprint density at radius 3 is 2.43 bits per heavy atom. The molecule has 0 bridgehead atoms. The molecule has 3 heterocycles. The zero-order chi connectivity index (χ0) is 21.5. The number of rotatable bonds is 6. The minimum absolute atomic E-state index is 0.0557. The minimum atomic E-state index is -3.90. The van der Waals surface area contributed by atoms with Gasteiger partial charge in [0.1, 0.15) is 6.04 Å². The second-order valence-electron chi connectivity index (χ2n) is 8.13. The van der Waals surface area contributed by atoms with E-state index in [0.29, 0.717) is 38.0 Å². The van der Waals surface area contributed by atoms with Crippen LogP contribution in [0.25, 0.3) is 0 Å². The normalized spacial score (nSPS) is 20.1. The molecule has 2 fully saturated rings. The monoisotopic (exact) mass is 436 g/mol. The quantitative estimate of drug-likeness (QED) is 0.745. The summed E-state index contributed by atoms with van der Waals surface area (Å²) in [5.74, 6) is -0.650. The first kappa shape index (κ1) is 21.1. The fourth-order valence-electron chi connectivity index (χ4n) is 4.20. The predicted octanol–water partition coefficient (Wildman–Crippen LogP) is 2.44. The number of ether oxygens (including phenoxy) is 1. The van der Waals surface area contributed by atoms with Crippen molar-refractivity contribution < 1.29 is 17.6 Å². The third kappa shape index (κ3) is 3.67. The predicted molar refractivity (Wildman–Crippen MR) is 112 cm³/mol. The van der Waals surface area contributed by atoms with Crippen molar-refractivity contribution in [3.05, 3.63) is 45.8 Å². The van der Waals surface area contributed by atoms with Crippen LogP contribution < -0.4 is 10.1 Å². The van der Waals surface area contributed by atoms with Gasteiger partial charge in [-0.15, -0.1) is 5.10 Å². The Morgan fingerprint density at radius 2 is 1.93 bits per heavy atom. The Kier molecular flexibility index (Phi) is 5.50. The molecular formula is C20H28N4O5S. The molecule has 1 spiro atoms. The van der Waals surface area contributed by atoms with E-state index < -0.39 is 22.0 Å². The van der Waals surface area contributed by atoms with Crippen LogP contribution in [0.5, 0.6) is 0 Å². The van der Waals surface area contributed by atoms with Crippen molar-refractivity contribution >= 4 is 15.9 Å². The summed E-state index contributed by atoms with van der Waals surface area (Å²) in [6.45, 7) is 7.30. The summed E-state index contributed by atoms with van der Waals surface area (Å²) in [7, 11) is -3.90. The van der Waals surface area contributed by atoms with Gasteiger partial charge in [-0.3, -0.25) is 0 Å². The Hall–Kier alpha value is -2.17. The van der Waals surface area contributed by atoms with E-state index in [0.717, 1.165) is 24.2 Å². The number of aryl methyl sites for hydroxylation is 2. The van der Waals surface area contributed by atoms with Gasteiger partial charge in [-0.05, 0) is 62.8 Å². The van der Waals surface area contributed by atoms with Crippen molar-refractivity contribution in [3.63, 3.8) is 0 Å². The highest BCUT2D eigenvalue weighted by molar-refractivity contribution is 7.90. The molecule has 2 aliphatic heterocycles. The van der Waals surface area contributed by atoms with E-state index in [2.05, 4.69) is 10.2 Å². The van der Waals surface area contributed by atoms with Crippen LogP contribution in [0.4, 0.5) is 5.69 Å². The highest BCUT2D eigenvalue weighted by Gasteiger charge is 2.46. The number of piperidine rings is 1. The molecular weight excluding hydrogens is 408 g/mol. The van der Waals surface area contributed by atoms with Gasteiger partial charge in [0.2, 0.25) is 5.89 Å². The van der Waals surface area contributed by atoms with Crippen LogP contribution in [-0.4, -0.2) is 48.2 Å². The van der Waals surface area contributed by atoms with Gasteiger partial charge in [-0.25, -0.2) is 14.2 Å². The molecule has 2 aromatic rings. The van der Waals surface area contributed by atoms with E-state index in [-0.39, 0.29) is 11.5 Å². The molecule has 1 aromatic carbocycles. The van der Waals surface area contributed by atoms with Crippen LogP contribution in [0.2, 0.25) is 0 Å². The fourth-order valence-corrected chi connectivity index (χ4v) is 6.03. The van der Waals surface area contributed by atoms with Crippen molar-refractivity contribution in [2.24, 2.45) is 0 Å². The zero-order valence-electron chi connectivity index (χ0n) is 17.6. The topological polar surface area (TPSA) is 109 Å². The van der Waals surface area contributed by atoms with Crippen LogP contribution in [-0.2, 0) is 14.9 Å². The lowest BCUT2D eigenvalue weighted by Gasteiger charge is -2.48. The van der Waals surface area contributed by atoms with Crippen LogP contribution in [0.1, 0.15) is 55.7 Å². The number of hydrogen-bond donors (Lipinski definition) is 1. The SMILES string of the molecule is CCC(c1n[nH]c(=O)o1)N(c1ccc(C)c(C)c1)S(=O)(=O)N1CCC2(CCO2)CC1. The van der Waals surface area contributed by atoms with Crippen molar-refractivity contribution in [2.45, 2.75) is 58.1 Å². The smallest absolute Gasteiger partial charge is 0.390 e. The number of aromatic nitrogens is 2. The van der Waals surface area contributed by atoms with E-state index in [1.54, 1.807) is 6.07 Å². The average Bonchev–Trinajstić information content (AvgIpc) is 3.13. The van der Waals surface area contributed by atoms with Gasteiger partial charge in [0.15, 0.2) is 0 Å². The first-order valence-electron chi connectivity index (χ1n) is 10.3. The summed E-state index contributed by atoms with van der Waals surface area (Å²) in [6.07, 6.45) is 2.74. The second kappa shape index (κ2) is 7.82. The molecule has 0 aliphatic carbocycles. The maximum atomic E-state index is 13.8. The number of benzene rings is 1. The van der Waals surface area contributed by atoms with Crippen LogP contribution in [0, 0.1) is 13.8 Å². The van der Waals surface area contributed by atoms with E-state index >= 15 is 0 Å². The summed E-state index contributed by atoms with van der Waals surface area (Å²) < 4.78 is 41.4. The number of aromatic amines is 1. The maximum Gasteiger partial charge on any atom is 0.434 e. The molecule has 1 N–H and O–H groups in total. The first-order valence-corrected chi connectivity index (χ1v) is 11.7. The molecule has 2 aliphatic rings. The van der Waals surface area contributed by atoms with Crippen LogP contribution in [0.15, 0.2) is 27.4 Å². The summed E-state index contributed by atoms with van der Waals surface area (Å²) in [5, 5.41) is 6.17. The molecule has 1 unspecified atom stereocenters. The first-order chi connectivity index (χ1) is 14.3. The number of hydrogen-bond acceptors (Lipinski definition) is 6. The minimum Gasteiger partial charge on any atom is -0.390 e. The lowest BCUT2D eigenvalue weighted by molar-refractivity contribution is -0.167. The number of nitrogens with one attached hydrogen (secondary N) is 1. The highest BCUT2D eigenvalue weighted by Crippen LogP contribution is 2.40. The lowest BCUT2D eigenvalue weighted by atomic mass is 9.85. The van der Waals surface area contributed by atoms with Gasteiger partial charge in [-0.2, -0.15) is 12.7 Å². The zero-order valence-corrected chi connectivity index (χ0v) is 18.4. The van der Waals surface area contributed by atoms with E-state index in [9.17, 15) is 13.2 Å². The fraction of sp³-hybridized carbons (Fsp3) is 0.600. The molecule has 4 rings (SSSR count). The third-order valence-corrected chi connectivity index (χ3v) is 8.31. The summed E-state index contributed by atoms with van der Waals surface area (Å²) >= 11 is 0. The Labute approximate surface area is 176 Å². The van der Waals surface area contributed by atoms with Crippen molar-refractivity contribution in [1.29, 1.82) is 0 Å². The number of nitrogens with zero attached hydrogens (tertiary/aromatic N) is 3. The van der Waals surface area contributed by atoms with E-state index in [1.165, 1.54) is 8.61 Å². The van der Waals surface area contributed by atoms with Gasteiger partial charge in [0.25, 0.3) is 0 Å². The molecule has 0 saturated carbocycles. The maximum absolute atomic E-state index is 13.8. The summed E-state index contributed by atoms with van der Waals surface area (Å²) in [6, 6.07) is 4.79. The number of anilines is 1. The highest BCUT2D eigenvalue weighted by atomic mass is 32.2. The van der Waals surface area contributed by atoms with Crippen LogP contribution >= 0.6 is 0 Å². The van der Waals surface area contributed by atoms with Gasteiger partial charge in [0.05, 0.1) is 17.9 Å². The molecule has 2 saturated heterocycles. The Bertz CT molecular complexity index is 1060. The van der Waals surface area contributed by atoms with E-state index in [1.807, 2.05) is 32.9 Å². The van der Waals surface area contributed by atoms with E-state index in [4.69, 9.17) is 9.15 Å². The second-order valence-corrected chi connectivity index (χ2v) is 9.93. The Morgan fingerprint density at radius 1 is 1.23 bits per heavy atom. The summed E-state index contributed by atoms with van der Waals surface area (Å²) in [5.41, 5.74) is 2.41. The average molecular weight is 437 g/mol. The van der Waals surface area contributed by atoms with Gasteiger partial charge in [-0.1, -0.05) is 13.0 Å². The van der Waals surface area contributed by atoms with Crippen molar-refractivity contribution in [3.8, 4) is 0 Å². The molecule has 0 radical (unpaired) electrons. The largest absolute Gasteiger partial charge is 0.434 e. The lowest BCUT2D eigenvalue weighted by Crippen LogP contribution is -2.56. The molecule has 1 aromatic heterocycles. The molecule has 0 amide bonds. The molecule has 1 atom stereocenters. The van der Waals surface area contributed by atoms with Gasteiger partial charge < -0.3 is 9.15 Å². The standard InChI is InChI=1S/C20H28N4O5S/c1-4-17(18-21-22-19(25)29-18)24(16-6-5-14(2)15(3)13-16)30(26,27)23-10-7-20(8-11-23)9-12-28-20/h5-6,13,17H,4,7-12H2,1-3H3,(H,22,25). The molecule has 10 heteroatoms. The van der Waals surface area contributed by atoms with Crippen molar-refractivity contribution in [2.75, 3.05) is 24.0 Å². The van der Waals surface area contributed by atoms with Gasteiger partial charge in [0, 0.05) is 13.1 Å². The third-order valence-electron chi connectivity index (χ3n) is 6.33. The van der Waals surface area contributed by atoms with Gasteiger partial charge >= 0.3 is 16.0 Å². The number of H-pyrrole nitrogens is 1. The molecule has 30 heavy (non-hydrogen) atoms. The molecule has 9 nitrogen and oxygen atoms in total. The Balaban J connectivity index is 1.73. The van der Waals surface area contributed by atoms with Crippen LogP contribution in [0.3, 0.4) is 0 Å². The molecule has 164 valence electrons. The van der Waals surface area contributed by atoms with Crippen molar-refractivity contribution in [1.82, 2.24) is 14.5 Å².